The Morgan fingerprint density at radius 3 is 2.11 bits per heavy atom. The second kappa shape index (κ2) is 6.58. The van der Waals surface area contributed by atoms with Crippen molar-refractivity contribution in [1.82, 2.24) is 5.32 Å². The average molecular weight is 261 g/mol. The summed E-state index contributed by atoms with van der Waals surface area (Å²) in [5.41, 5.74) is -0.636. The number of aliphatic hydroxyl groups is 1. The first kappa shape index (κ1) is 16.7. The average Bonchev–Trinajstić information content (AvgIpc) is 2.09. The Bertz CT molecular complexity index is 295. The maximum absolute atomic E-state index is 11.6. The third kappa shape index (κ3) is 7.11. The maximum atomic E-state index is 11.6. The van der Waals surface area contributed by atoms with Crippen molar-refractivity contribution in [3.05, 3.63) is 0 Å². The Kier molecular flexibility index (Phi) is 6.11. The first-order valence-electron chi connectivity index (χ1n) is 5.92. The van der Waals surface area contributed by atoms with Crippen molar-refractivity contribution in [3.63, 3.8) is 0 Å². The summed E-state index contributed by atoms with van der Waals surface area (Å²) in [4.78, 5) is 22.1. The van der Waals surface area contributed by atoms with E-state index in [4.69, 9.17) is 9.84 Å². The highest BCUT2D eigenvalue weighted by atomic mass is 16.6. The molecule has 0 aliphatic rings. The zero-order valence-corrected chi connectivity index (χ0v) is 11.6. The number of alkyl carbamates (subject to hydrolysis) is 1. The minimum Gasteiger partial charge on any atom is -0.481 e. The molecule has 0 aromatic rings. The molecule has 18 heavy (non-hydrogen) atoms. The van der Waals surface area contributed by atoms with Gasteiger partial charge in [0.15, 0.2) is 0 Å². The second-order valence-corrected chi connectivity index (χ2v) is 5.58. The zero-order chi connectivity index (χ0) is 14.5. The van der Waals surface area contributed by atoms with Crippen molar-refractivity contribution in [1.29, 1.82) is 0 Å². The first-order chi connectivity index (χ1) is 8.03. The van der Waals surface area contributed by atoms with Gasteiger partial charge in [0.1, 0.15) is 5.60 Å². The van der Waals surface area contributed by atoms with Gasteiger partial charge < -0.3 is 20.3 Å². The number of aliphatic hydroxyl groups excluding tert-OH is 1. The molecule has 2 atom stereocenters. The number of hydrogen-bond acceptors (Lipinski definition) is 4. The van der Waals surface area contributed by atoms with Crippen molar-refractivity contribution in [2.24, 2.45) is 5.92 Å². The molecule has 1 unspecified atom stereocenters. The number of carbonyl (C=O) groups excluding carboxylic acids is 1. The monoisotopic (exact) mass is 261 g/mol. The summed E-state index contributed by atoms with van der Waals surface area (Å²) in [6.45, 7) is 8.75. The van der Waals surface area contributed by atoms with Gasteiger partial charge in [-0.2, -0.15) is 0 Å². The van der Waals surface area contributed by atoms with E-state index in [1.807, 2.05) is 0 Å². The fourth-order valence-corrected chi connectivity index (χ4v) is 1.46. The molecule has 6 heteroatoms. The molecule has 0 rings (SSSR count). The van der Waals surface area contributed by atoms with Crippen molar-refractivity contribution in [2.45, 2.75) is 58.8 Å². The number of rotatable bonds is 5. The van der Waals surface area contributed by atoms with Crippen molar-refractivity contribution >= 4 is 12.1 Å². The first-order valence-corrected chi connectivity index (χ1v) is 5.92. The number of nitrogens with one attached hydrogen (secondary N) is 1. The van der Waals surface area contributed by atoms with E-state index in [2.05, 4.69) is 5.32 Å². The highest BCUT2D eigenvalue weighted by molar-refractivity contribution is 5.69. The van der Waals surface area contributed by atoms with Crippen LogP contribution in [0.5, 0.6) is 0 Å². The Morgan fingerprint density at radius 1 is 1.28 bits per heavy atom. The number of amides is 1. The topological polar surface area (TPSA) is 95.9 Å². The molecule has 0 saturated carbocycles. The van der Waals surface area contributed by atoms with E-state index in [1.54, 1.807) is 34.6 Å². The molecular formula is C12H23NO5. The van der Waals surface area contributed by atoms with Crippen LogP contribution in [0.2, 0.25) is 0 Å². The molecule has 0 aromatic carbocycles. The lowest BCUT2D eigenvalue weighted by Gasteiger charge is -2.28. The molecule has 0 bridgehead atoms. The molecule has 0 aliphatic carbocycles. The maximum Gasteiger partial charge on any atom is 0.407 e. The number of aliphatic carboxylic acids is 1. The lowest BCUT2D eigenvalue weighted by atomic mass is 9.96. The number of hydrogen-bond donors (Lipinski definition) is 3. The van der Waals surface area contributed by atoms with Gasteiger partial charge in [-0.25, -0.2) is 4.79 Å². The summed E-state index contributed by atoms with van der Waals surface area (Å²) in [6.07, 6.45) is -2.22. The van der Waals surface area contributed by atoms with Crippen LogP contribution in [0.3, 0.4) is 0 Å². The predicted octanol–water partition coefficient (Wildman–Crippen LogP) is 1.37. The van der Waals surface area contributed by atoms with Gasteiger partial charge in [-0.05, 0) is 26.7 Å². The quantitative estimate of drug-likeness (QED) is 0.694. The molecule has 106 valence electrons. The molecule has 3 N–H and O–H groups in total. The minimum atomic E-state index is -1.14. The highest BCUT2D eigenvalue weighted by Crippen LogP contribution is 2.12. The van der Waals surface area contributed by atoms with Gasteiger partial charge in [-0.15, -0.1) is 0 Å². The Labute approximate surface area is 107 Å². The summed E-state index contributed by atoms with van der Waals surface area (Å²) in [5, 5.41) is 20.9. The second-order valence-electron chi connectivity index (χ2n) is 5.58. The van der Waals surface area contributed by atoms with Crippen LogP contribution in [0.4, 0.5) is 4.79 Å². The van der Waals surface area contributed by atoms with Crippen LogP contribution >= 0.6 is 0 Å². The van der Waals surface area contributed by atoms with Crippen LogP contribution in [-0.2, 0) is 9.53 Å². The number of carbonyl (C=O) groups is 2. The SMILES string of the molecule is CC(C)C(NC(=O)OC(C)(C)C)[C@@H](O)CC(=O)O. The van der Waals surface area contributed by atoms with Crippen molar-refractivity contribution in [3.8, 4) is 0 Å². The van der Waals surface area contributed by atoms with E-state index < -0.39 is 36.2 Å². The molecule has 0 heterocycles. The molecule has 0 fully saturated rings. The third-order valence-electron chi connectivity index (χ3n) is 2.20. The van der Waals surface area contributed by atoms with Gasteiger partial charge in [-0.3, -0.25) is 4.79 Å². The predicted molar refractivity (Wildman–Crippen MR) is 66.3 cm³/mol. The molecule has 0 aliphatic heterocycles. The summed E-state index contributed by atoms with van der Waals surface area (Å²) in [6, 6.07) is -0.657. The fourth-order valence-electron chi connectivity index (χ4n) is 1.46. The lowest BCUT2D eigenvalue weighted by Crippen LogP contribution is -2.49. The van der Waals surface area contributed by atoms with Crippen LogP contribution in [0.15, 0.2) is 0 Å². The number of carboxylic acids is 1. The van der Waals surface area contributed by atoms with E-state index in [0.29, 0.717) is 0 Å². The van der Waals surface area contributed by atoms with Gasteiger partial charge in [0.25, 0.3) is 0 Å². The van der Waals surface area contributed by atoms with E-state index in [0.717, 1.165) is 0 Å². The van der Waals surface area contributed by atoms with Crippen molar-refractivity contribution in [2.75, 3.05) is 0 Å². The molecule has 0 spiro atoms. The molecule has 0 radical (unpaired) electrons. The van der Waals surface area contributed by atoms with E-state index >= 15 is 0 Å². The van der Waals surface area contributed by atoms with Gasteiger partial charge in [0.2, 0.25) is 0 Å². The van der Waals surface area contributed by atoms with E-state index in [-0.39, 0.29) is 5.92 Å². The number of ether oxygens (including phenoxy) is 1. The normalized spacial score (nSPS) is 15.1. The van der Waals surface area contributed by atoms with Crippen LogP contribution in [-0.4, -0.2) is 40.0 Å². The van der Waals surface area contributed by atoms with E-state index in [9.17, 15) is 14.7 Å². The minimum absolute atomic E-state index is 0.105. The highest BCUT2D eigenvalue weighted by Gasteiger charge is 2.28. The molecule has 0 aromatic heterocycles. The summed E-state index contributed by atoms with van der Waals surface area (Å²) in [5.74, 6) is -1.22. The Balaban J connectivity index is 4.54. The summed E-state index contributed by atoms with van der Waals surface area (Å²) in [7, 11) is 0. The van der Waals surface area contributed by atoms with Crippen LogP contribution in [0, 0.1) is 5.92 Å². The molecule has 6 nitrogen and oxygen atoms in total. The number of carboxylic acid groups (broad SMARTS) is 1. The van der Waals surface area contributed by atoms with Crippen LogP contribution in [0.25, 0.3) is 0 Å². The molecule has 1 amide bonds. The van der Waals surface area contributed by atoms with Gasteiger partial charge in [0.05, 0.1) is 18.6 Å². The van der Waals surface area contributed by atoms with Gasteiger partial charge in [-0.1, -0.05) is 13.8 Å². The van der Waals surface area contributed by atoms with Gasteiger partial charge in [0, 0.05) is 0 Å². The molecular weight excluding hydrogens is 238 g/mol. The summed E-state index contributed by atoms with van der Waals surface area (Å²) < 4.78 is 5.06. The largest absolute Gasteiger partial charge is 0.481 e. The molecule has 0 saturated heterocycles. The standard InChI is InChI=1S/C12H23NO5/c1-7(2)10(8(14)6-9(15)16)13-11(17)18-12(3,4)5/h7-8,10,14H,6H2,1-5H3,(H,13,17)(H,15,16)/t8-,10?/m0/s1. The lowest BCUT2D eigenvalue weighted by molar-refractivity contribution is -0.139. The van der Waals surface area contributed by atoms with Gasteiger partial charge >= 0.3 is 12.1 Å². The third-order valence-corrected chi connectivity index (χ3v) is 2.20. The smallest absolute Gasteiger partial charge is 0.407 e. The Hall–Kier alpha value is -1.30. The van der Waals surface area contributed by atoms with E-state index in [1.165, 1.54) is 0 Å². The van der Waals surface area contributed by atoms with Crippen LogP contribution in [0.1, 0.15) is 41.0 Å². The summed E-state index contributed by atoms with van der Waals surface area (Å²) >= 11 is 0. The van der Waals surface area contributed by atoms with Crippen molar-refractivity contribution < 1.29 is 24.5 Å². The fraction of sp³-hybridized carbons (Fsp3) is 0.833. The Morgan fingerprint density at radius 2 is 1.78 bits per heavy atom. The zero-order valence-electron chi connectivity index (χ0n) is 11.6. The van der Waals surface area contributed by atoms with Crippen LogP contribution < -0.4 is 5.32 Å².